The Morgan fingerprint density at radius 1 is 1.24 bits per heavy atom. The third kappa shape index (κ3) is 3.81. The zero-order valence-corrected chi connectivity index (χ0v) is 9.42. The number of alkyl halides is 4. The number of nitrogens with two attached hydrogens (primary N) is 1. The van der Waals surface area contributed by atoms with Gasteiger partial charge in [0.25, 0.3) is 0 Å². The van der Waals surface area contributed by atoms with Gasteiger partial charge >= 0.3 is 6.18 Å². The molecule has 0 spiro atoms. The molecule has 0 aliphatic rings. The van der Waals surface area contributed by atoms with Crippen molar-refractivity contribution in [3.05, 3.63) is 35.1 Å². The highest BCUT2D eigenvalue weighted by Crippen LogP contribution is 2.35. The topological polar surface area (TPSA) is 26.0 Å². The van der Waals surface area contributed by atoms with Crippen LogP contribution >= 0.6 is 12.4 Å². The predicted molar refractivity (Wildman–Crippen MR) is 56.2 cm³/mol. The second-order valence-electron chi connectivity index (χ2n) is 3.28. The van der Waals surface area contributed by atoms with Crippen LogP contribution in [0.5, 0.6) is 0 Å². The fourth-order valence-corrected chi connectivity index (χ4v) is 1.42. The van der Waals surface area contributed by atoms with Crippen LogP contribution in [0.25, 0.3) is 0 Å². The van der Waals surface area contributed by atoms with Crippen molar-refractivity contribution in [3.8, 4) is 0 Å². The summed E-state index contributed by atoms with van der Waals surface area (Å²) >= 11 is 0. The van der Waals surface area contributed by atoms with E-state index in [1.165, 1.54) is 0 Å². The number of halogens is 6. The molecule has 1 aromatic rings. The van der Waals surface area contributed by atoms with Crippen molar-refractivity contribution in [2.45, 2.75) is 18.6 Å². The quantitative estimate of drug-likeness (QED) is 0.838. The summed E-state index contributed by atoms with van der Waals surface area (Å²) in [5, 5.41) is 0. The number of rotatable bonds is 3. The standard InChI is InChI=1S/C10H10F5N.ClH/c11-5-4-8(16)9-6(10(13,14)15)2-1-3-7(9)12;/h1-3,8H,4-5,16H2;1H/t8-;/m1./s1. The molecule has 0 bridgehead atoms. The van der Waals surface area contributed by atoms with Crippen LogP contribution in [0.2, 0.25) is 0 Å². The lowest BCUT2D eigenvalue weighted by Gasteiger charge is -2.17. The Bertz CT molecular complexity index is 366. The van der Waals surface area contributed by atoms with Crippen LogP contribution in [0.4, 0.5) is 22.0 Å². The monoisotopic (exact) mass is 275 g/mol. The Morgan fingerprint density at radius 3 is 2.29 bits per heavy atom. The van der Waals surface area contributed by atoms with Crippen LogP contribution in [0.15, 0.2) is 18.2 Å². The smallest absolute Gasteiger partial charge is 0.324 e. The first-order valence-corrected chi connectivity index (χ1v) is 4.55. The van der Waals surface area contributed by atoms with Crippen molar-refractivity contribution in [1.82, 2.24) is 0 Å². The van der Waals surface area contributed by atoms with Crippen molar-refractivity contribution in [2.75, 3.05) is 6.67 Å². The van der Waals surface area contributed by atoms with Crippen LogP contribution in [-0.2, 0) is 6.18 Å². The summed E-state index contributed by atoms with van der Waals surface area (Å²) in [7, 11) is 0. The van der Waals surface area contributed by atoms with Crippen LogP contribution in [0.1, 0.15) is 23.6 Å². The summed E-state index contributed by atoms with van der Waals surface area (Å²) in [6.45, 7) is -0.896. The zero-order chi connectivity index (χ0) is 12.3. The van der Waals surface area contributed by atoms with Crippen molar-refractivity contribution in [2.24, 2.45) is 5.73 Å². The fraction of sp³-hybridized carbons (Fsp3) is 0.400. The number of hydrogen-bond donors (Lipinski definition) is 1. The third-order valence-electron chi connectivity index (χ3n) is 2.15. The molecule has 1 rings (SSSR count). The summed E-state index contributed by atoms with van der Waals surface area (Å²) in [5.74, 6) is -1.06. The van der Waals surface area contributed by atoms with Gasteiger partial charge in [-0.1, -0.05) is 6.07 Å². The van der Waals surface area contributed by atoms with Crippen LogP contribution in [-0.4, -0.2) is 6.67 Å². The predicted octanol–water partition coefficient (Wildman–Crippen LogP) is 3.63. The summed E-state index contributed by atoms with van der Waals surface area (Å²) < 4.78 is 62.8. The van der Waals surface area contributed by atoms with Crippen molar-refractivity contribution in [3.63, 3.8) is 0 Å². The lowest BCUT2D eigenvalue weighted by molar-refractivity contribution is -0.138. The van der Waals surface area contributed by atoms with Gasteiger partial charge in [-0.25, -0.2) is 4.39 Å². The molecule has 17 heavy (non-hydrogen) atoms. The minimum Gasteiger partial charge on any atom is -0.324 e. The molecule has 0 fully saturated rings. The third-order valence-corrected chi connectivity index (χ3v) is 2.15. The van der Waals surface area contributed by atoms with E-state index in [1.807, 2.05) is 0 Å². The van der Waals surface area contributed by atoms with Gasteiger partial charge in [0.2, 0.25) is 0 Å². The highest BCUT2D eigenvalue weighted by atomic mass is 35.5. The summed E-state index contributed by atoms with van der Waals surface area (Å²) in [6.07, 6.45) is -5.03. The minimum atomic E-state index is -4.69. The maximum Gasteiger partial charge on any atom is 0.416 e. The molecule has 1 atom stereocenters. The Balaban J connectivity index is 0.00000256. The van der Waals surface area contributed by atoms with Gasteiger partial charge in [-0.15, -0.1) is 12.4 Å². The van der Waals surface area contributed by atoms with E-state index < -0.39 is 35.8 Å². The highest BCUT2D eigenvalue weighted by Gasteiger charge is 2.35. The van der Waals surface area contributed by atoms with E-state index >= 15 is 0 Å². The van der Waals surface area contributed by atoms with Gasteiger partial charge in [0, 0.05) is 11.6 Å². The van der Waals surface area contributed by atoms with Gasteiger partial charge in [0.15, 0.2) is 0 Å². The van der Waals surface area contributed by atoms with E-state index in [2.05, 4.69) is 0 Å². The Hall–Kier alpha value is -0.880. The first-order chi connectivity index (χ1) is 7.38. The number of benzene rings is 1. The number of hydrogen-bond acceptors (Lipinski definition) is 1. The second kappa shape index (κ2) is 6.16. The van der Waals surface area contributed by atoms with Gasteiger partial charge in [-0.3, -0.25) is 4.39 Å². The maximum absolute atomic E-state index is 13.3. The molecule has 0 saturated carbocycles. The van der Waals surface area contributed by atoms with Gasteiger partial charge in [-0.05, 0) is 18.6 Å². The van der Waals surface area contributed by atoms with Crippen LogP contribution in [0, 0.1) is 5.82 Å². The molecule has 0 amide bonds. The highest BCUT2D eigenvalue weighted by molar-refractivity contribution is 5.85. The van der Waals surface area contributed by atoms with Crippen molar-refractivity contribution in [1.29, 1.82) is 0 Å². The fourth-order valence-electron chi connectivity index (χ4n) is 1.42. The molecule has 0 aromatic heterocycles. The zero-order valence-electron chi connectivity index (χ0n) is 8.60. The molecule has 1 aromatic carbocycles. The van der Waals surface area contributed by atoms with Gasteiger partial charge in [0.05, 0.1) is 12.2 Å². The average molecular weight is 276 g/mol. The largest absolute Gasteiger partial charge is 0.416 e. The van der Waals surface area contributed by atoms with Gasteiger partial charge in [0.1, 0.15) is 5.82 Å². The maximum atomic E-state index is 13.3. The molecule has 0 heterocycles. The average Bonchev–Trinajstić information content (AvgIpc) is 2.16. The molecule has 0 saturated heterocycles. The molecule has 0 aliphatic carbocycles. The van der Waals surface area contributed by atoms with E-state index in [9.17, 15) is 22.0 Å². The summed E-state index contributed by atoms with van der Waals surface area (Å²) in [4.78, 5) is 0. The molecular weight excluding hydrogens is 265 g/mol. The molecule has 0 unspecified atom stereocenters. The van der Waals surface area contributed by atoms with E-state index in [-0.39, 0.29) is 18.8 Å². The van der Waals surface area contributed by atoms with Gasteiger partial charge in [-0.2, -0.15) is 13.2 Å². The minimum absolute atomic E-state index is 0. The van der Waals surface area contributed by atoms with Crippen molar-refractivity contribution >= 4 is 12.4 Å². The van der Waals surface area contributed by atoms with Gasteiger partial charge < -0.3 is 5.73 Å². The molecule has 98 valence electrons. The van der Waals surface area contributed by atoms with E-state index in [4.69, 9.17) is 5.73 Å². The lowest BCUT2D eigenvalue weighted by Crippen LogP contribution is -2.19. The Morgan fingerprint density at radius 2 is 1.82 bits per heavy atom. The molecule has 0 aliphatic heterocycles. The second-order valence-corrected chi connectivity index (χ2v) is 3.28. The van der Waals surface area contributed by atoms with Crippen LogP contribution < -0.4 is 5.73 Å². The van der Waals surface area contributed by atoms with E-state index in [0.717, 1.165) is 18.2 Å². The molecule has 1 nitrogen and oxygen atoms in total. The van der Waals surface area contributed by atoms with Crippen molar-refractivity contribution < 1.29 is 22.0 Å². The Labute approximate surface area is 101 Å². The molecule has 2 N–H and O–H groups in total. The normalized spacial score (nSPS) is 13.1. The molecule has 7 heteroatoms. The molecular formula is C10H11ClF5N. The SMILES string of the molecule is Cl.N[C@H](CCF)c1c(F)cccc1C(F)(F)F. The molecule has 0 radical (unpaired) electrons. The first kappa shape index (κ1) is 16.1. The summed E-state index contributed by atoms with van der Waals surface area (Å²) in [5.41, 5.74) is 3.51. The lowest BCUT2D eigenvalue weighted by atomic mass is 9.98. The Kier molecular flexibility index (Phi) is 5.84. The first-order valence-electron chi connectivity index (χ1n) is 4.55. The summed E-state index contributed by atoms with van der Waals surface area (Å²) in [6, 6.07) is 1.27. The van der Waals surface area contributed by atoms with Crippen LogP contribution in [0.3, 0.4) is 0 Å². The van der Waals surface area contributed by atoms with E-state index in [1.54, 1.807) is 0 Å². The van der Waals surface area contributed by atoms with E-state index in [0.29, 0.717) is 0 Å².